The largest absolute Gasteiger partial charge is 0.327 e. The number of fused-ring (bicyclic) bond motifs is 1. The van der Waals surface area contributed by atoms with Crippen molar-refractivity contribution in [3.05, 3.63) is 29.8 Å². The van der Waals surface area contributed by atoms with Gasteiger partial charge in [0.1, 0.15) is 0 Å². The normalized spacial score (nSPS) is 29.0. The van der Waals surface area contributed by atoms with Crippen LogP contribution in [0.3, 0.4) is 0 Å². The summed E-state index contributed by atoms with van der Waals surface area (Å²) in [6.07, 6.45) is 2.91. The van der Waals surface area contributed by atoms with Crippen molar-refractivity contribution < 1.29 is 17.2 Å². The Morgan fingerprint density at radius 1 is 1.14 bits per heavy atom. The summed E-state index contributed by atoms with van der Waals surface area (Å²) in [5.41, 5.74) is 6.08. The molecule has 22 heavy (non-hydrogen) atoms. The molecule has 2 N–H and O–H groups in total. The molecule has 3 rings (SSSR count). The van der Waals surface area contributed by atoms with Crippen molar-refractivity contribution in [2.24, 2.45) is 17.6 Å². The summed E-state index contributed by atoms with van der Waals surface area (Å²) in [5, 5.41) is 0. The van der Waals surface area contributed by atoms with Crippen molar-refractivity contribution in [3.8, 4) is 0 Å². The maximum atomic E-state index is 13.3. The first-order chi connectivity index (χ1) is 9.89. The Morgan fingerprint density at radius 2 is 1.86 bits per heavy atom. The molecule has 8 heteroatoms. The fourth-order valence-corrected chi connectivity index (χ4v) is 5.01. The van der Waals surface area contributed by atoms with Gasteiger partial charge in [-0.2, -0.15) is 4.31 Å². The van der Waals surface area contributed by atoms with Gasteiger partial charge in [0, 0.05) is 19.1 Å². The van der Waals surface area contributed by atoms with Gasteiger partial charge < -0.3 is 5.73 Å². The number of benzene rings is 1. The molecule has 0 bridgehead atoms. The number of nitrogens with two attached hydrogens (primary N) is 1. The predicted molar refractivity (Wildman–Crippen MR) is 81.2 cm³/mol. The predicted octanol–water partition coefficient (Wildman–Crippen LogP) is 2.13. The molecule has 3 unspecified atom stereocenters. The second-order valence-corrected chi connectivity index (χ2v) is 7.85. The van der Waals surface area contributed by atoms with Crippen LogP contribution in [0.15, 0.2) is 23.1 Å². The SMILES string of the molecule is Cl.NC1CCCC2CN(S(=O)(=O)c3ccc(F)c(F)c3)CC12. The van der Waals surface area contributed by atoms with E-state index in [2.05, 4.69) is 0 Å². The lowest BCUT2D eigenvalue weighted by atomic mass is 9.78. The summed E-state index contributed by atoms with van der Waals surface area (Å²) in [4.78, 5) is -0.200. The van der Waals surface area contributed by atoms with E-state index >= 15 is 0 Å². The van der Waals surface area contributed by atoms with E-state index < -0.39 is 21.7 Å². The Labute approximate surface area is 135 Å². The minimum absolute atomic E-state index is 0. The summed E-state index contributed by atoms with van der Waals surface area (Å²) >= 11 is 0. The summed E-state index contributed by atoms with van der Waals surface area (Å²) in [5.74, 6) is -1.76. The molecule has 2 aliphatic rings. The molecule has 0 aromatic heterocycles. The molecule has 0 radical (unpaired) electrons. The topological polar surface area (TPSA) is 63.4 Å². The number of nitrogens with zero attached hydrogens (tertiary/aromatic N) is 1. The van der Waals surface area contributed by atoms with Crippen LogP contribution in [0.2, 0.25) is 0 Å². The van der Waals surface area contributed by atoms with Crippen LogP contribution in [0, 0.1) is 23.5 Å². The molecule has 1 saturated carbocycles. The Bertz CT molecular complexity index is 656. The molecule has 1 saturated heterocycles. The van der Waals surface area contributed by atoms with Crippen molar-refractivity contribution in [3.63, 3.8) is 0 Å². The third-order valence-electron chi connectivity index (χ3n) is 4.65. The highest BCUT2D eigenvalue weighted by Crippen LogP contribution is 2.37. The summed E-state index contributed by atoms with van der Waals surface area (Å²) in [6, 6.07) is 2.72. The highest BCUT2D eigenvalue weighted by atomic mass is 35.5. The molecule has 1 aromatic rings. The molecule has 1 heterocycles. The average Bonchev–Trinajstić information content (AvgIpc) is 2.88. The molecule has 124 valence electrons. The van der Waals surface area contributed by atoms with Crippen LogP contribution in [-0.2, 0) is 10.0 Å². The number of sulfonamides is 1. The number of hydrogen-bond donors (Lipinski definition) is 1. The molecule has 0 spiro atoms. The minimum Gasteiger partial charge on any atom is -0.327 e. The van der Waals surface area contributed by atoms with Crippen LogP contribution >= 0.6 is 12.4 Å². The van der Waals surface area contributed by atoms with Gasteiger partial charge in [0.15, 0.2) is 11.6 Å². The molecular formula is C14H19ClF2N2O2S. The molecule has 1 aliphatic carbocycles. The van der Waals surface area contributed by atoms with Gasteiger partial charge >= 0.3 is 0 Å². The van der Waals surface area contributed by atoms with Crippen LogP contribution in [0.4, 0.5) is 8.78 Å². The third-order valence-corrected chi connectivity index (χ3v) is 6.48. The molecule has 1 aliphatic heterocycles. The summed E-state index contributed by atoms with van der Waals surface area (Å²) in [6.45, 7) is 0.785. The van der Waals surface area contributed by atoms with E-state index in [-0.39, 0.29) is 35.2 Å². The zero-order valence-corrected chi connectivity index (χ0v) is 13.5. The third kappa shape index (κ3) is 2.99. The van der Waals surface area contributed by atoms with Crippen molar-refractivity contribution in [1.82, 2.24) is 4.31 Å². The van der Waals surface area contributed by atoms with E-state index in [9.17, 15) is 17.2 Å². The van der Waals surface area contributed by atoms with Gasteiger partial charge in [0.2, 0.25) is 10.0 Å². The molecule has 0 amide bonds. The highest BCUT2D eigenvalue weighted by molar-refractivity contribution is 7.89. The van der Waals surface area contributed by atoms with Crippen LogP contribution in [0.25, 0.3) is 0 Å². The maximum absolute atomic E-state index is 13.3. The van der Waals surface area contributed by atoms with Crippen molar-refractivity contribution in [1.29, 1.82) is 0 Å². The molecule has 3 atom stereocenters. The quantitative estimate of drug-likeness (QED) is 0.887. The first-order valence-corrected chi connectivity index (χ1v) is 8.54. The van der Waals surface area contributed by atoms with E-state index in [1.807, 2.05) is 0 Å². The zero-order valence-electron chi connectivity index (χ0n) is 11.9. The summed E-state index contributed by atoms with van der Waals surface area (Å²) < 4.78 is 52.7. The fraction of sp³-hybridized carbons (Fsp3) is 0.571. The maximum Gasteiger partial charge on any atom is 0.243 e. The van der Waals surface area contributed by atoms with E-state index in [1.165, 1.54) is 4.31 Å². The number of rotatable bonds is 2. The van der Waals surface area contributed by atoms with Gasteiger partial charge in [-0.1, -0.05) is 6.42 Å². The average molecular weight is 353 g/mol. The van der Waals surface area contributed by atoms with Crippen LogP contribution in [0.5, 0.6) is 0 Å². The van der Waals surface area contributed by atoms with Gasteiger partial charge in [-0.25, -0.2) is 17.2 Å². The Morgan fingerprint density at radius 3 is 2.50 bits per heavy atom. The van der Waals surface area contributed by atoms with Crippen LogP contribution in [0.1, 0.15) is 19.3 Å². The lowest BCUT2D eigenvalue weighted by Gasteiger charge is -2.29. The zero-order chi connectivity index (χ0) is 15.2. The van der Waals surface area contributed by atoms with E-state index in [1.54, 1.807) is 0 Å². The van der Waals surface area contributed by atoms with Gasteiger partial charge in [-0.3, -0.25) is 0 Å². The second kappa shape index (κ2) is 6.39. The standard InChI is InChI=1S/C14H18F2N2O2S.ClH/c15-12-5-4-10(6-13(12)16)21(19,20)18-7-9-2-1-3-14(17)11(9)8-18;/h4-6,9,11,14H,1-3,7-8,17H2;1H. The van der Waals surface area contributed by atoms with Crippen molar-refractivity contribution in [2.75, 3.05) is 13.1 Å². The Kier molecular flexibility index (Phi) is 5.11. The van der Waals surface area contributed by atoms with Crippen LogP contribution in [-0.4, -0.2) is 31.9 Å². The molecule has 4 nitrogen and oxygen atoms in total. The van der Waals surface area contributed by atoms with E-state index in [4.69, 9.17) is 5.73 Å². The first kappa shape index (κ1) is 17.6. The minimum atomic E-state index is -3.79. The monoisotopic (exact) mass is 352 g/mol. The Balaban J connectivity index is 0.00000176. The Hall–Kier alpha value is -0.760. The lowest BCUT2D eigenvalue weighted by Crippen LogP contribution is -2.38. The molecular weight excluding hydrogens is 334 g/mol. The number of halogens is 3. The smallest absolute Gasteiger partial charge is 0.243 e. The van der Waals surface area contributed by atoms with Gasteiger partial charge in [-0.15, -0.1) is 12.4 Å². The van der Waals surface area contributed by atoms with Gasteiger partial charge in [0.25, 0.3) is 0 Å². The lowest BCUT2D eigenvalue weighted by molar-refractivity contribution is 0.260. The van der Waals surface area contributed by atoms with E-state index in [0.29, 0.717) is 13.1 Å². The van der Waals surface area contributed by atoms with Gasteiger partial charge in [-0.05, 0) is 42.9 Å². The van der Waals surface area contributed by atoms with Gasteiger partial charge in [0.05, 0.1) is 4.90 Å². The van der Waals surface area contributed by atoms with E-state index in [0.717, 1.165) is 37.5 Å². The van der Waals surface area contributed by atoms with Crippen molar-refractivity contribution in [2.45, 2.75) is 30.2 Å². The molecule has 1 aromatic carbocycles. The van der Waals surface area contributed by atoms with Crippen molar-refractivity contribution >= 4 is 22.4 Å². The second-order valence-electron chi connectivity index (χ2n) is 5.92. The van der Waals surface area contributed by atoms with Crippen LogP contribution < -0.4 is 5.73 Å². The molecule has 2 fully saturated rings. The number of hydrogen-bond acceptors (Lipinski definition) is 3. The fourth-order valence-electron chi connectivity index (χ4n) is 3.46. The highest BCUT2D eigenvalue weighted by Gasteiger charge is 2.43. The summed E-state index contributed by atoms with van der Waals surface area (Å²) in [7, 11) is -3.79. The first-order valence-electron chi connectivity index (χ1n) is 7.10.